The maximum Gasteiger partial charge on any atom is 0.128 e. The molecule has 4 heteroatoms. The molecule has 1 heterocycles. The number of fused-ring (bicyclic) bond motifs is 1. The average Bonchev–Trinajstić information content (AvgIpc) is 2.33. The van der Waals surface area contributed by atoms with Crippen LogP contribution >= 0.6 is 11.8 Å². The van der Waals surface area contributed by atoms with E-state index in [1.54, 1.807) is 18.0 Å². The summed E-state index contributed by atoms with van der Waals surface area (Å²) >= 11 is 1.76. The van der Waals surface area contributed by atoms with Crippen molar-refractivity contribution in [1.29, 1.82) is 0 Å². The van der Waals surface area contributed by atoms with Crippen LogP contribution in [0.3, 0.4) is 0 Å². The van der Waals surface area contributed by atoms with Crippen LogP contribution in [0.4, 0.5) is 5.69 Å². The standard InChI is InChI=1S/C12H14N2OS/c1-16-8-7-15-11-5-4-10(13)12-9(11)3-2-6-14-12/h2-6H,7-8,13H2,1H3. The number of hydrogen-bond donors (Lipinski definition) is 1. The molecule has 0 aliphatic rings. The predicted molar refractivity (Wildman–Crippen MR) is 70.0 cm³/mol. The van der Waals surface area contributed by atoms with E-state index in [9.17, 15) is 0 Å². The number of rotatable bonds is 4. The van der Waals surface area contributed by atoms with Gasteiger partial charge in [-0.05, 0) is 30.5 Å². The lowest BCUT2D eigenvalue weighted by molar-refractivity contribution is 0.348. The second-order valence-corrected chi connectivity index (χ2v) is 4.38. The van der Waals surface area contributed by atoms with E-state index in [1.165, 1.54) is 0 Å². The summed E-state index contributed by atoms with van der Waals surface area (Å²) in [4.78, 5) is 4.26. The summed E-state index contributed by atoms with van der Waals surface area (Å²) < 4.78 is 5.70. The first-order chi connectivity index (χ1) is 7.83. The van der Waals surface area contributed by atoms with Crippen molar-refractivity contribution in [3.8, 4) is 5.75 Å². The third kappa shape index (κ3) is 2.22. The van der Waals surface area contributed by atoms with E-state index in [0.29, 0.717) is 12.3 Å². The van der Waals surface area contributed by atoms with Gasteiger partial charge in [0.15, 0.2) is 0 Å². The SMILES string of the molecule is CSCCOc1ccc(N)c2ncccc12. The molecule has 1 aromatic carbocycles. The van der Waals surface area contributed by atoms with Crippen LogP contribution in [0.5, 0.6) is 5.75 Å². The highest BCUT2D eigenvalue weighted by atomic mass is 32.2. The molecule has 0 aliphatic carbocycles. The first-order valence-corrected chi connectivity index (χ1v) is 6.47. The van der Waals surface area contributed by atoms with Gasteiger partial charge in [-0.2, -0.15) is 11.8 Å². The fourth-order valence-corrected chi connectivity index (χ4v) is 1.78. The van der Waals surface area contributed by atoms with Crippen LogP contribution in [-0.4, -0.2) is 23.6 Å². The van der Waals surface area contributed by atoms with Crippen molar-refractivity contribution in [3.63, 3.8) is 0 Å². The number of ether oxygens (including phenoxy) is 1. The number of aromatic nitrogens is 1. The zero-order valence-corrected chi connectivity index (χ0v) is 9.96. The van der Waals surface area contributed by atoms with E-state index in [4.69, 9.17) is 10.5 Å². The lowest BCUT2D eigenvalue weighted by atomic mass is 10.2. The first-order valence-electron chi connectivity index (χ1n) is 5.08. The Morgan fingerprint density at radius 1 is 1.38 bits per heavy atom. The minimum atomic E-state index is 0.688. The Bertz CT molecular complexity index is 487. The molecule has 0 atom stereocenters. The molecule has 2 aromatic rings. The van der Waals surface area contributed by atoms with Crippen molar-refractivity contribution < 1.29 is 4.74 Å². The largest absolute Gasteiger partial charge is 0.492 e. The summed E-state index contributed by atoms with van der Waals surface area (Å²) in [6.45, 7) is 0.703. The molecular formula is C12H14N2OS. The Kier molecular flexibility index (Phi) is 3.51. The van der Waals surface area contributed by atoms with Crippen molar-refractivity contribution >= 4 is 28.4 Å². The summed E-state index contributed by atoms with van der Waals surface area (Å²) in [6, 6.07) is 7.61. The lowest BCUT2D eigenvalue weighted by Crippen LogP contribution is -2.01. The second-order valence-electron chi connectivity index (χ2n) is 3.39. The minimum absolute atomic E-state index is 0.688. The van der Waals surface area contributed by atoms with Gasteiger partial charge in [-0.1, -0.05) is 0 Å². The number of nitrogens with zero attached hydrogens (tertiary/aromatic N) is 1. The van der Waals surface area contributed by atoms with Crippen molar-refractivity contribution in [2.45, 2.75) is 0 Å². The van der Waals surface area contributed by atoms with Gasteiger partial charge in [0.25, 0.3) is 0 Å². The van der Waals surface area contributed by atoms with E-state index in [0.717, 1.165) is 22.4 Å². The average molecular weight is 234 g/mol. The summed E-state index contributed by atoms with van der Waals surface area (Å²) in [5.41, 5.74) is 7.35. The molecule has 0 radical (unpaired) electrons. The van der Waals surface area contributed by atoms with Gasteiger partial charge in [-0.3, -0.25) is 4.98 Å². The molecule has 16 heavy (non-hydrogen) atoms. The number of thioether (sulfide) groups is 1. The number of nitrogens with two attached hydrogens (primary N) is 1. The highest BCUT2D eigenvalue weighted by Gasteiger charge is 2.05. The zero-order chi connectivity index (χ0) is 11.4. The van der Waals surface area contributed by atoms with Crippen LogP contribution in [-0.2, 0) is 0 Å². The van der Waals surface area contributed by atoms with Crippen LogP contribution < -0.4 is 10.5 Å². The molecule has 3 nitrogen and oxygen atoms in total. The first kappa shape index (κ1) is 11.1. The molecule has 0 spiro atoms. The van der Waals surface area contributed by atoms with E-state index in [-0.39, 0.29) is 0 Å². The maximum absolute atomic E-state index is 5.86. The third-order valence-electron chi connectivity index (χ3n) is 2.31. The molecule has 1 aromatic heterocycles. The molecular weight excluding hydrogens is 220 g/mol. The van der Waals surface area contributed by atoms with Crippen LogP contribution in [0.2, 0.25) is 0 Å². The van der Waals surface area contributed by atoms with Gasteiger partial charge >= 0.3 is 0 Å². The molecule has 0 saturated carbocycles. The Hall–Kier alpha value is -1.42. The van der Waals surface area contributed by atoms with Gasteiger partial charge in [0.1, 0.15) is 5.75 Å². The van der Waals surface area contributed by atoms with Gasteiger partial charge in [0, 0.05) is 17.3 Å². The maximum atomic E-state index is 5.86. The second kappa shape index (κ2) is 5.07. The van der Waals surface area contributed by atoms with Crippen molar-refractivity contribution in [3.05, 3.63) is 30.5 Å². The van der Waals surface area contributed by atoms with Crippen molar-refractivity contribution in [1.82, 2.24) is 4.98 Å². The van der Waals surface area contributed by atoms with Crippen LogP contribution in [0.25, 0.3) is 10.9 Å². The fraction of sp³-hybridized carbons (Fsp3) is 0.250. The normalized spacial score (nSPS) is 10.6. The summed E-state index contributed by atoms with van der Waals surface area (Å²) in [6.07, 6.45) is 3.80. The van der Waals surface area contributed by atoms with Gasteiger partial charge in [0.05, 0.1) is 17.8 Å². The quantitative estimate of drug-likeness (QED) is 0.652. The zero-order valence-electron chi connectivity index (χ0n) is 9.14. The molecule has 0 unspecified atom stereocenters. The Labute approximate surface area is 99.0 Å². The number of nitrogen functional groups attached to an aromatic ring is 1. The Balaban J connectivity index is 2.35. The highest BCUT2D eigenvalue weighted by Crippen LogP contribution is 2.28. The highest BCUT2D eigenvalue weighted by molar-refractivity contribution is 7.98. The van der Waals surface area contributed by atoms with Crippen molar-refractivity contribution in [2.24, 2.45) is 0 Å². The molecule has 0 amide bonds. The van der Waals surface area contributed by atoms with Crippen LogP contribution in [0.1, 0.15) is 0 Å². The number of hydrogen-bond acceptors (Lipinski definition) is 4. The molecule has 0 fully saturated rings. The fourth-order valence-electron chi connectivity index (χ4n) is 1.53. The number of benzene rings is 1. The topological polar surface area (TPSA) is 48.1 Å². The summed E-state index contributed by atoms with van der Waals surface area (Å²) in [7, 11) is 0. The molecule has 2 N–H and O–H groups in total. The monoisotopic (exact) mass is 234 g/mol. The van der Waals surface area contributed by atoms with Gasteiger partial charge in [-0.25, -0.2) is 0 Å². The van der Waals surface area contributed by atoms with E-state index < -0.39 is 0 Å². The van der Waals surface area contributed by atoms with Gasteiger partial charge in [0.2, 0.25) is 0 Å². The van der Waals surface area contributed by atoms with Crippen LogP contribution in [0, 0.1) is 0 Å². The van der Waals surface area contributed by atoms with E-state index >= 15 is 0 Å². The molecule has 0 aliphatic heterocycles. The predicted octanol–water partition coefficient (Wildman–Crippen LogP) is 2.56. The molecule has 0 bridgehead atoms. The third-order valence-corrected chi connectivity index (χ3v) is 2.88. The smallest absolute Gasteiger partial charge is 0.128 e. The Morgan fingerprint density at radius 3 is 3.06 bits per heavy atom. The van der Waals surface area contributed by atoms with Crippen LogP contribution in [0.15, 0.2) is 30.5 Å². The van der Waals surface area contributed by atoms with E-state index in [1.807, 2.05) is 24.3 Å². The minimum Gasteiger partial charge on any atom is -0.492 e. The molecule has 2 rings (SSSR count). The molecule has 84 valence electrons. The summed E-state index contributed by atoms with van der Waals surface area (Å²) in [5.74, 6) is 1.83. The van der Waals surface area contributed by atoms with E-state index in [2.05, 4.69) is 11.2 Å². The number of pyridine rings is 1. The van der Waals surface area contributed by atoms with Gasteiger partial charge in [-0.15, -0.1) is 0 Å². The summed E-state index contributed by atoms with van der Waals surface area (Å²) in [5, 5.41) is 0.976. The number of anilines is 1. The molecule has 0 saturated heterocycles. The lowest BCUT2D eigenvalue weighted by Gasteiger charge is -2.09. The van der Waals surface area contributed by atoms with Crippen molar-refractivity contribution in [2.75, 3.05) is 24.3 Å². The Morgan fingerprint density at radius 2 is 2.25 bits per heavy atom. The van der Waals surface area contributed by atoms with Gasteiger partial charge < -0.3 is 10.5 Å².